The highest BCUT2D eigenvalue weighted by Gasteiger charge is 2.14. The molecule has 1 aromatic carbocycles. The molecule has 0 radical (unpaired) electrons. The number of nitrogens with one attached hydrogen (secondary N) is 1. The van der Waals surface area contributed by atoms with Crippen molar-refractivity contribution in [2.24, 2.45) is 5.92 Å². The summed E-state index contributed by atoms with van der Waals surface area (Å²) >= 11 is 0. The van der Waals surface area contributed by atoms with Crippen LogP contribution in [-0.4, -0.2) is 44.1 Å². The van der Waals surface area contributed by atoms with E-state index in [1.807, 2.05) is 49.6 Å². The number of H-pyrrole nitrogens is 1. The van der Waals surface area contributed by atoms with E-state index in [-0.39, 0.29) is 5.91 Å². The van der Waals surface area contributed by atoms with Crippen LogP contribution in [0.25, 0.3) is 22.3 Å². The van der Waals surface area contributed by atoms with Crippen molar-refractivity contribution in [2.45, 2.75) is 19.9 Å². The summed E-state index contributed by atoms with van der Waals surface area (Å²) in [5.41, 5.74) is 4.74. The zero-order valence-electron chi connectivity index (χ0n) is 16.7. The molecule has 29 heavy (non-hydrogen) atoms. The van der Waals surface area contributed by atoms with Gasteiger partial charge in [-0.2, -0.15) is 5.10 Å². The Morgan fingerprint density at radius 2 is 2.00 bits per heavy atom. The summed E-state index contributed by atoms with van der Waals surface area (Å²) in [6, 6.07) is 15.6. The van der Waals surface area contributed by atoms with Crippen LogP contribution in [0.1, 0.15) is 23.7 Å². The number of benzene rings is 1. The number of fused-ring (bicyclic) bond motifs is 1. The highest BCUT2D eigenvalue weighted by atomic mass is 16.2. The highest BCUT2D eigenvalue weighted by molar-refractivity contribution is 5.93. The molecule has 1 N–H and O–H groups in total. The third-order valence-electron chi connectivity index (χ3n) is 5.25. The van der Waals surface area contributed by atoms with Crippen LogP contribution in [0.4, 0.5) is 0 Å². The van der Waals surface area contributed by atoms with E-state index in [1.165, 1.54) is 0 Å². The first kappa shape index (κ1) is 18.9. The average molecular weight is 387 g/mol. The van der Waals surface area contributed by atoms with Gasteiger partial charge in [0.25, 0.3) is 5.91 Å². The van der Waals surface area contributed by atoms with Gasteiger partial charge >= 0.3 is 0 Å². The van der Waals surface area contributed by atoms with Crippen molar-refractivity contribution in [3.63, 3.8) is 0 Å². The fourth-order valence-corrected chi connectivity index (χ4v) is 3.53. The minimum absolute atomic E-state index is 0.0696. The third-order valence-corrected chi connectivity index (χ3v) is 5.25. The van der Waals surface area contributed by atoms with Gasteiger partial charge in [-0.1, -0.05) is 25.1 Å². The van der Waals surface area contributed by atoms with Crippen LogP contribution in [-0.2, 0) is 6.54 Å². The number of hydrogen-bond acceptors (Lipinski definition) is 3. The number of nitrogens with zero attached hydrogens (tertiary/aromatic N) is 4. The number of amides is 1. The van der Waals surface area contributed by atoms with Gasteiger partial charge in [-0.05, 0) is 42.7 Å². The maximum Gasteiger partial charge on any atom is 0.253 e. The van der Waals surface area contributed by atoms with E-state index in [0.717, 1.165) is 47.4 Å². The van der Waals surface area contributed by atoms with Crippen molar-refractivity contribution in [1.82, 2.24) is 24.6 Å². The van der Waals surface area contributed by atoms with Crippen LogP contribution in [0, 0.1) is 5.92 Å². The summed E-state index contributed by atoms with van der Waals surface area (Å²) in [4.78, 5) is 19.0. The van der Waals surface area contributed by atoms with E-state index in [1.54, 1.807) is 11.1 Å². The summed E-state index contributed by atoms with van der Waals surface area (Å²) in [6.07, 6.45) is 6.66. The van der Waals surface area contributed by atoms with E-state index in [9.17, 15) is 4.79 Å². The van der Waals surface area contributed by atoms with Crippen molar-refractivity contribution >= 4 is 16.9 Å². The van der Waals surface area contributed by atoms with Gasteiger partial charge in [-0.3, -0.25) is 9.89 Å². The van der Waals surface area contributed by atoms with Gasteiger partial charge in [0.2, 0.25) is 0 Å². The average Bonchev–Trinajstić information content (AvgIpc) is 3.42. The van der Waals surface area contributed by atoms with Crippen LogP contribution in [0.3, 0.4) is 0 Å². The second-order valence-corrected chi connectivity index (χ2v) is 7.54. The number of carbonyl (C=O) groups is 1. The molecular formula is C23H25N5O. The molecule has 0 saturated carbocycles. The molecule has 0 fully saturated rings. The lowest BCUT2D eigenvalue weighted by Crippen LogP contribution is -2.29. The van der Waals surface area contributed by atoms with E-state index >= 15 is 0 Å². The summed E-state index contributed by atoms with van der Waals surface area (Å²) in [5.74, 6) is 0.505. The first-order valence-electron chi connectivity index (χ1n) is 9.87. The maximum atomic E-state index is 12.5. The number of aromatic nitrogens is 4. The number of rotatable bonds is 7. The SMILES string of the molecule is CC(CCN(C)C(=O)c1ccccc1)Cn1ccc2nc(-c3cn[nH]c3)ccc21. The smallest absolute Gasteiger partial charge is 0.253 e. The van der Waals surface area contributed by atoms with Crippen molar-refractivity contribution < 1.29 is 4.79 Å². The number of carbonyl (C=O) groups excluding carboxylic acids is 1. The lowest BCUT2D eigenvalue weighted by atomic mass is 10.1. The molecule has 0 aliphatic carbocycles. The fraction of sp³-hybridized carbons (Fsp3) is 0.261. The molecule has 3 aromatic heterocycles. The van der Waals surface area contributed by atoms with Gasteiger partial charge in [0.1, 0.15) is 0 Å². The predicted octanol–water partition coefficient (Wildman–Crippen LogP) is 4.22. The van der Waals surface area contributed by atoms with Crippen LogP contribution in [0.15, 0.2) is 67.1 Å². The Bertz CT molecular complexity index is 1090. The third kappa shape index (κ3) is 4.21. The number of hydrogen-bond donors (Lipinski definition) is 1. The molecule has 0 bridgehead atoms. The maximum absolute atomic E-state index is 12.5. The van der Waals surface area contributed by atoms with Crippen molar-refractivity contribution in [3.8, 4) is 11.3 Å². The van der Waals surface area contributed by atoms with Gasteiger partial charge in [-0.15, -0.1) is 0 Å². The van der Waals surface area contributed by atoms with Crippen LogP contribution in [0.2, 0.25) is 0 Å². The first-order valence-corrected chi connectivity index (χ1v) is 9.87. The molecule has 4 rings (SSSR count). The van der Waals surface area contributed by atoms with Crippen molar-refractivity contribution in [2.75, 3.05) is 13.6 Å². The van der Waals surface area contributed by atoms with Crippen LogP contribution < -0.4 is 0 Å². The Labute approximate surface area is 170 Å². The summed E-state index contributed by atoms with van der Waals surface area (Å²) in [6.45, 7) is 3.85. The normalized spacial score (nSPS) is 12.2. The Morgan fingerprint density at radius 3 is 2.76 bits per heavy atom. The molecule has 4 aromatic rings. The minimum Gasteiger partial charge on any atom is -0.346 e. The predicted molar refractivity (Wildman–Crippen MR) is 114 cm³/mol. The molecule has 148 valence electrons. The standard InChI is InChI=1S/C23H25N5O/c1-17(10-12-27(2)23(29)18-6-4-3-5-7-18)16-28-13-11-21-22(28)9-8-20(26-21)19-14-24-25-15-19/h3-9,11,13-15,17H,10,12,16H2,1-2H3,(H,24,25). The second-order valence-electron chi connectivity index (χ2n) is 7.54. The van der Waals surface area contributed by atoms with E-state index < -0.39 is 0 Å². The topological polar surface area (TPSA) is 66.8 Å². The van der Waals surface area contributed by atoms with E-state index in [4.69, 9.17) is 4.98 Å². The second kappa shape index (κ2) is 8.31. The zero-order valence-corrected chi connectivity index (χ0v) is 16.7. The zero-order chi connectivity index (χ0) is 20.2. The summed E-state index contributed by atoms with van der Waals surface area (Å²) < 4.78 is 2.24. The van der Waals surface area contributed by atoms with Gasteiger partial charge in [-0.25, -0.2) is 4.98 Å². The van der Waals surface area contributed by atoms with Gasteiger partial charge in [0.15, 0.2) is 0 Å². The van der Waals surface area contributed by atoms with Crippen molar-refractivity contribution in [1.29, 1.82) is 0 Å². The van der Waals surface area contributed by atoms with E-state index in [0.29, 0.717) is 5.92 Å². The van der Waals surface area contributed by atoms with E-state index in [2.05, 4.69) is 40.0 Å². The molecule has 1 amide bonds. The summed E-state index contributed by atoms with van der Waals surface area (Å²) in [5, 5.41) is 6.82. The molecule has 6 heteroatoms. The van der Waals surface area contributed by atoms with Gasteiger partial charge in [0, 0.05) is 43.7 Å². The Morgan fingerprint density at radius 1 is 1.17 bits per heavy atom. The Hall–Kier alpha value is -3.41. The minimum atomic E-state index is 0.0696. The van der Waals surface area contributed by atoms with Gasteiger partial charge < -0.3 is 9.47 Å². The number of pyridine rings is 1. The number of aromatic amines is 1. The first-order chi connectivity index (χ1) is 14.1. The highest BCUT2D eigenvalue weighted by Crippen LogP contribution is 2.22. The Balaban J connectivity index is 1.37. The van der Waals surface area contributed by atoms with Crippen LogP contribution in [0.5, 0.6) is 0 Å². The van der Waals surface area contributed by atoms with Gasteiger partial charge in [0.05, 0.1) is 22.9 Å². The van der Waals surface area contributed by atoms with Crippen molar-refractivity contribution in [3.05, 3.63) is 72.7 Å². The molecule has 6 nitrogen and oxygen atoms in total. The summed E-state index contributed by atoms with van der Waals surface area (Å²) in [7, 11) is 1.87. The largest absolute Gasteiger partial charge is 0.346 e. The molecule has 0 saturated heterocycles. The molecular weight excluding hydrogens is 362 g/mol. The molecule has 3 heterocycles. The monoisotopic (exact) mass is 387 g/mol. The molecule has 0 aliphatic heterocycles. The Kier molecular flexibility index (Phi) is 5.42. The molecule has 0 spiro atoms. The fourth-order valence-electron chi connectivity index (χ4n) is 3.53. The van der Waals surface area contributed by atoms with Crippen LogP contribution >= 0.6 is 0 Å². The quantitative estimate of drug-likeness (QED) is 0.516. The molecule has 1 atom stereocenters. The lowest BCUT2D eigenvalue weighted by Gasteiger charge is -2.20. The lowest BCUT2D eigenvalue weighted by molar-refractivity contribution is 0.0787. The molecule has 0 aliphatic rings. The molecule has 1 unspecified atom stereocenters.